The topological polar surface area (TPSA) is 87.8 Å². The fourth-order valence-electron chi connectivity index (χ4n) is 3.32. The lowest BCUT2D eigenvalue weighted by Crippen LogP contribution is -2.48. The third-order valence-corrected chi connectivity index (χ3v) is 4.51. The summed E-state index contributed by atoms with van der Waals surface area (Å²) in [5.74, 6) is 0. The van der Waals surface area contributed by atoms with Crippen LogP contribution >= 0.6 is 0 Å². The molecule has 0 radical (unpaired) electrons. The Morgan fingerprint density at radius 1 is 1.41 bits per heavy atom. The fraction of sp³-hybridized carbons (Fsp3) is 0.733. The first-order valence-electron chi connectivity index (χ1n) is 7.96. The van der Waals surface area contributed by atoms with Gasteiger partial charge in [0.15, 0.2) is 0 Å². The first-order chi connectivity index (χ1) is 10.6. The lowest BCUT2D eigenvalue weighted by atomic mass is 9.95. The molecule has 3 heterocycles. The quantitative estimate of drug-likeness (QED) is 0.886. The van der Waals surface area contributed by atoms with E-state index in [2.05, 4.69) is 5.10 Å². The predicted octanol–water partition coefficient (Wildman–Crippen LogP) is 1.63. The first-order valence-corrected chi connectivity index (χ1v) is 7.96. The van der Waals surface area contributed by atoms with Crippen LogP contribution in [-0.4, -0.2) is 56.3 Å². The normalized spacial score (nSPS) is 29.5. The van der Waals surface area contributed by atoms with Gasteiger partial charge in [0, 0.05) is 25.4 Å². The Hall–Kier alpha value is -1.60. The molecule has 122 valence electrons. The van der Waals surface area contributed by atoms with Crippen molar-refractivity contribution in [2.24, 2.45) is 0 Å². The molecular formula is C15H23N3O4. The molecule has 2 fully saturated rings. The molecule has 2 aliphatic rings. The van der Waals surface area contributed by atoms with E-state index in [1.165, 1.54) is 4.90 Å². The van der Waals surface area contributed by atoms with Gasteiger partial charge in [0.1, 0.15) is 6.23 Å². The van der Waals surface area contributed by atoms with Gasteiger partial charge in [-0.05, 0) is 44.1 Å². The van der Waals surface area contributed by atoms with Crippen LogP contribution in [0.5, 0.6) is 0 Å². The zero-order valence-corrected chi connectivity index (χ0v) is 12.6. The molecule has 2 aliphatic heterocycles. The van der Waals surface area contributed by atoms with Gasteiger partial charge < -0.3 is 19.8 Å². The number of aromatic nitrogens is 2. The second kappa shape index (κ2) is 6.66. The number of rotatable bonds is 3. The van der Waals surface area contributed by atoms with Crippen LogP contribution in [0.25, 0.3) is 0 Å². The second-order valence-corrected chi connectivity index (χ2v) is 6.16. The second-order valence-electron chi connectivity index (χ2n) is 6.16. The summed E-state index contributed by atoms with van der Waals surface area (Å²) in [6, 6.07) is -0.189. The molecule has 0 bridgehead atoms. The summed E-state index contributed by atoms with van der Waals surface area (Å²) in [5, 5.41) is 23.4. The summed E-state index contributed by atoms with van der Waals surface area (Å²) < 4.78 is 7.53. The van der Waals surface area contributed by atoms with E-state index in [1.54, 1.807) is 6.20 Å². The Morgan fingerprint density at radius 3 is 3.00 bits per heavy atom. The van der Waals surface area contributed by atoms with E-state index in [-0.39, 0.29) is 12.3 Å². The monoisotopic (exact) mass is 309 g/mol. The van der Waals surface area contributed by atoms with E-state index < -0.39 is 12.2 Å². The van der Waals surface area contributed by atoms with Gasteiger partial charge in [-0.25, -0.2) is 9.48 Å². The Kier molecular flexibility index (Phi) is 4.63. The van der Waals surface area contributed by atoms with Crippen LogP contribution in [0.2, 0.25) is 0 Å². The van der Waals surface area contributed by atoms with Crippen molar-refractivity contribution >= 4 is 6.09 Å². The number of nitrogens with zero attached hydrogens (tertiary/aromatic N) is 3. The maximum absolute atomic E-state index is 11.3. The summed E-state index contributed by atoms with van der Waals surface area (Å²) in [6.07, 6.45) is 7.15. The minimum Gasteiger partial charge on any atom is -0.465 e. The van der Waals surface area contributed by atoms with Gasteiger partial charge in [-0.2, -0.15) is 5.10 Å². The van der Waals surface area contributed by atoms with Crippen LogP contribution in [0, 0.1) is 0 Å². The summed E-state index contributed by atoms with van der Waals surface area (Å²) in [7, 11) is 0. The molecule has 2 saturated heterocycles. The molecule has 7 heteroatoms. The summed E-state index contributed by atoms with van der Waals surface area (Å²) in [5.41, 5.74) is 0.986. The zero-order valence-electron chi connectivity index (χ0n) is 12.6. The molecule has 0 aliphatic carbocycles. The van der Waals surface area contributed by atoms with Gasteiger partial charge in [-0.3, -0.25) is 0 Å². The van der Waals surface area contributed by atoms with Gasteiger partial charge in [-0.1, -0.05) is 0 Å². The average molecular weight is 309 g/mol. The predicted molar refractivity (Wildman–Crippen MR) is 78.5 cm³/mol. The fourth-order valence-corrected chi connectivity index (χ4v) is 3.32. The highest BCUT2D eigenvalue weighted by atomic mass is 16.5. The lowest BCUT2D eigenvalue weighted by molar-refractivity contribution is -0.0395. The molecule has 7 nitrogen and oxygen atoms in total. The molecule has 2 N–H and O–H groups in total. The minimum absolute atomic E-state index is 0.00461. The van der Waals surface area contributed by atoms with Crippen LogP contribution in [0.4, 0.5) is 4.79 Å². The first kappa shape index (κ1) is 15.3. The third kappa shape index (κ3) is 3.41. The number of likely N-dealkylation sites (tertiary alicyclic amines) is 1. The summed E-state index contributed by atoms with van der Waals surface area (Å²) >= 11 is 0. The molecule has 0 spiro atoms. The smallest absolute Gasteiger partial charge is 0.407 e. The van der Waals surface area contributed by atoms with Gasteiger partial charge in [0.05, 0.1) is 12.3 Å². The number of piperidine rings is 1. The number of ether oxygens (including phenoxy) is 1. The summed E-state index contributed by atoms with van der Waals surface area (Å²) in [6.45, 7) is 1.16. The van der Waals surface area contributed by atoms with Crippen molar-refractivity contribution in [1.29, 1.82) is 0 Å². The molecule has 3 atom stereocenters. The van der Waals surface area contributed by atoms with E-state index in [4.69, 9.17) is 4.74 Å². The Labute approximate surface area is 129 Å². The number of hydrogen-bond donors (Lipinski definition) is 2. The molecule has 0 saturated carbocycles. The molecule has 1 aromatic heterocycles. The Balaban J connectivity index is 1.66. The van der Waals surface area contributed by atoms with E-state index >= 15 is 0 Å². The number of amides is 1. The van der Waals surface area contributed by atoms with E-state index in [9.17, 15) is 15.0 Å². The third-order valence-electron chi connectivity index (χ3n) is 4.51. The number of aliphatic hydroxyl groups is 1. The highest BCUT2D eigenvalue weighted by Gasteiger charge is 2.31. The number of carbonyl (C=O) groups is 1. The molecule has 3 rings (SSSR count). The van der Waals surface area contributed by atoms with Crippen LogP contribution in [0.15, 0.2) is 12.4 Å². The molecular weight excluding hydrogens is 286 g/mol. The number of aliphatic hydroxyl groups excluding tert-OH is 1. The highest BCUT2D eigenvalue weighted by Crippen LogP contribution is 2.24. The van der Waals surface area contributed by atoms with Gasteiger partial charge >= 0.3 is 6.09 Å². The minimum atomic E-state index is -0.917. The Bertz CT molecular complexity index is 513. The Morgan fingerprint density at radius 2 is 2.27 bits per heavy atom. The standard InChI is InChI=1S/C15H23N3O4/c19-13-4-5-17(15(20)21)12(8-13)7-11-9-16-18(10-11)14-3-1-2-6-22-14/h9-10,12-14,19H,1-8H2,(H,20,21). The van der Waals surface area contributed by atoms with Crippen LogP contribution in [0.3, 0.4) is 0 Å². The van der Waals surface area contributed by atoms with Crippen LogP contribution in [-0.2, 0) is 11.2 Å². The van der Waals surface area contributed by atoms with E-state index in [0.717, 1.165) is 31.4 Å². The van der Waals surface area contributed by atoms with Crippen molar-refractivity contribution in [3.8, 4) is 0 Å². The summed E-state index contributed by atoms with van der Waals surface area (Å²) in [4.78, 5) is 12.7. The van der Waals surface area contributed by atoms with Crippen molar-refractivity contribution in [3.05, 3.63) is 18.0 Å². The molecule has 1 amide bonds. The van der Waals surface area contributed by atoms with E-state index in [1.807, 2.05) is 10.9 Å². The van der Waals surface area contributed by atoms with Gasteiger partial charge in [0.25, 0.3) is 0 Å². The SMILES string of the molecule is O=C(O)N1CCC(O)CC1Cc1cnn(C2CCCCO2)c1. The average Bonchev–Trinajstić information content (AvgIpc) is 2.96. The van der Waals surface area contributed by atoms with Crippen molar-refractivity contribution < 1.29 is 19.7 Å². The molecule has 3 unspecified atom stereocenters. The van der Waals surface area contributed by atoms with E-state index in [0.29, 0.717) is 25.8 Å². The number of hydrogen-bond acceptors (Lipinski definition) is 4. The van der Waals surface area contributed by atoms with Crippen molar-refractivity contribution in [1.82, 2.24) is 14.7 Å². The maximum atomic E-state index is 11.3. The zero-order chi connectivity index (χ0) is 15.5. The van der Waals surface area contributed by atoms with Gasteiger partial charge in [-0.15, -0.1) is 0 Å². The van der Waals surface area contributed by atoms with Crippen molar-refractivity contribution in [3.63, 3.8) is 0 Å². The number of carboxylic acid groups (broad SMARTS) is 1. The van der Waals surface area contributed by atoms with Crippen LogP contribution < -0.4 is 0 Å². The van der Waals surface area contributed by atoms with Crippen molar-refractivity contribution in [2.75, 3.05) is 13.2 Å². The lowest BCUT2D eigenvalue weighted by Gasteiger charge is -2.35. The van der Waals surface area contributed by atoms with Crippen LogP contribution in [0.1, 0.15) is 43.9 Å². The largest absolute Gasteiger partial charge is 0.465 e. The van der Waals surface area contributed by atoms with Crippen molar-refractivity contribution in [2.45, 2.75) is 56.9 Å². The molecule has 0 aromatic carbocycles. The van der Waals surface area contributed by atoms with Gasteiger partial charge in [0.2, 0.25) is 0 Å². The highest BCUT2D eigenvalue weighted by molar-refractivity contribution is 5.65. The molecule has 1 aromatic rings. The molecule has 22 heavy (non-hydrogen) atoms. The maximum Gasteiger partial charge on any atom is 0.407 e.